The zero-order chi connectivity index (χ0) is 9.10. The Bertz CT molecular complexity index is 323. The van der Waals surface area contributed by atoms with E-state index in [1.54, 1.807) is 23.1 Å². The van der Waals surface area contributed by atoms with Crippen LogP contribution in [0.2, 0.25) is 0 Å². The molecule has 0 radical (unpaired) electrons. The monoisotopic (exact) mass is 294 g/mol. The summed E-state index contributed by atoms with van der Waals surface area (Å²) in [6.45, 7) is 0.981. The molecule has 2 heterocycles. The molecule has 0 unspecified atom stereocenters. The number of aromatic nitrogens is 1. The van der Waals surface area contributed by atoms with Crippen molar-refractivity contribution in [3.63, 3.8) is 0 Å². The third kappa shape index (κ3) is 2.97. The Hall–Kier alpha value is 0.480. The number of thioether (sulfide) groups is 2. The van der Waals surface area contributed by atoms with E-state index in [1.165, 1.54) is 4.38 Å². The minimum Gasteiger partial charge on any atom is -0.271 e. The molecule has 13 heavy (non-hydrogen) atoms. The van der Waals surface area contributed by atoms with E-state index < -0.39 is 0 Å². The molecule has 0 saturated carbocycles. The van der Waals surface area contributed by atoms with E-state index in [4.69, 9.17) is 0 Å². The number of aliphatic imine (C=N–C) groups is 1. The van der Waals surface area contributed by atoms with Crippen molar-refractivity contribution in [3.8, 4) is 0 Å². The summed E-state index contributed by atoms with van der Waals surface area (Å²) in [6.07, 6.45) is 1.85. The number of hydrogen-bond donors (Lipinski definition) is 0. The van der Waals surface area contributed by atoms with Gasteiger partial charge in [-0.05, 0) is 15.9 Å². The number of halogens is 1. The van der Waals surface area contributed by atoms with Crippen molar-refractivity contribution in [2.45, 2.75) is 5.75 Å². The van der Waals surface area contributed by atoms with Gasteiger partial charge in [0.25, 0.3) is 0 Å². The Morgan fingerprint density at radius 3 is 3.15 bits per heavy atom. The maximum atomic E-state index is 4.37. The summed E-state index contributed by atoms with van der Waals surface area (Å²) >= 11 is 8.73. The molecule has 0 saturated heterocycles. The first-order valence-corrected chi connectivity index (χ1v) is 7.33. The first-order chi connectivity index (χ1) is 6.34. The molecule has 0 atom stereocenters. The molecule has 6 heteroatoms. The van der Waals surface area contributed by atoms with Gasteiger partial charge in [0.1, 0.15) is 9.38 Å². The summed E-state index contributed by atoms with van der Waals surface area (Å²) in [6, 6.07) is 0. The van der Waals surface area contributed by atoms with Crippen LogP contribution in [0.15, 0.2) is 15.0 Å². The molecule has 0 N–H and O–H groups in total. The molecule has 0 bridgehead atoms. The molecular formula is C7H7BrN2S3. The number of nitrogens with zero attached hydrogens (tertiary/aromatic N) is 2. The van der Waals surface area contributed by atoms with Crippen molar-refractivity contribution in [2.75, 3.05) is 12.3 Å². The van der Waals surface area contributed by atoms with E-state index in [1.807, 2.05) is 18.0 Å². The Morgan fingerprint density at radius 1 is 1.62 bits per heavy atom. The highest BCUT2D eigenvalue weighted by atomic mass is 79.9. The quantitative estimate of drug-likeness (QED) is 0.837. The maximum Gasteiger partial charge on any atom is 0.125 e. The van der Waals surface area contributed by atoms with Crippen LogP contribution >= 0.6 is 50.8 Å². The van der Waals surface area contributed by atoms with E-state index in [0.29, 0.717) is 0 Å². The minimum atomic E-state index is 0.947. The molecule has 0 aliphatic carbocycles. The second-order valence-electron chi connectivity index (χ2n) is 2.34. The van der Waals surface area contributed by atoms with Gasteiger partial charge in [0, 0.05) is 5.75 Å². The van der Waals surface area contributed by atoms with Crippen molar-refractivity contribution >= 4 is 55.2 Å². The maximum absolute atomic E-state index is 4.37. The molecule has 1 aromatic heterocycles. The molecule has 0 aromatic carbocycles. The predicted molar refractivity (Wildman–Crippen MR) is 65.9 cm³/mol. The third-order valence-electron chi connectivity index (χ3n) is 1.40. The van der Waals surface area contributed by atoms with Crippen LogP contribution < -0.4 is 0 Å². The lowest BCUT2D eigenvalue weighted by Crippen LogP contribution is -1.82. The van der Waals surface area contributed by atoms with Gasteiger partial charge in [0.2, 0.25) is 0 Å². The largest absolute Gasteiger partial charge is 0.271 e. The molecule has 1 aliphatic heterocycles. The first kappa shape index (κ1) is 10.0. The van der Waals surface area contributed by atoms with Crippen LogP contribution in [-0.4, -0.2) is 21.7 Å². The zero-order valence-electron chi connectivity index (χ0n) is 6.70. The summed E-state index contributed by atoms with van der Waals surface area (Å²) in [4.78, 5) is 8.63. The highest BCUT2D eigenvalue weighted by Crippen LogP contribution is 2.28. The molecule has 70 valence electrons. The van der Waals surface area contributed by atoms with Crippen LogP contribution in [-0.2, 0) is 5.75 Å². The van der Waals surface area contributed by atoms with Crippen molar-refractivity contribution in [1.82, 2.24) is 4.98 Å². The lowest BCUT2D eigenvalue weighted by atomic mass is 10.8. The van der Waals surface area contributed by atoms with Gasteiger partial charge in [0.05, 0.1) is 22.3 Å². The third-order valence-corrected chi connectivity index (χ3v) is 5.32. The van der Waals surface area contributed by atoms with Crippen molar-refractivity contribution < 1.29 is 0 Å². The fourth-order valence-corrected chi connectivity index (χ4v) is 4.20. The number of hydrogen-bond acceptors (Lipinski definition) is 5. The average Bonchev–Trinajstić information content (AvgIpc) is 2.71. The molecule has 2 rings (SSSR count). The normalized spacial score (nSPS) is 16.2. The minimum absolute atomic E-state index is 0.947. The topological polar surface area (TPSA) is 25.2 Å². The SMILES string of the molecule is Brc1cnc(CSC2=NCCS2)s1. The number of rotatable bonds is 2. The van der Waals surface area contributed by atoms with Gasteiger partial charge < -0.3 is 0 Å². The van der Waals surface area contributed by atoms with Crippen LogP contribution in [0.1, 0.15) is 5.01 Å². The van der Waals surface area contributed by atoms with E-state index in [-0.39, 0.29) is 0 Å². The predicted octanol–water partition coefficient (Wildman–Crippen LogP) is 3.24. The Kier molecular flexibility index (Phi) is 3.71. The molecular weight excluding hydrogens is 288 g/mol. The Labute approximate surface area is 97.8 Å². The van der Waals surface area contributed by atoms with Crippen LogP contribution in [0.3, 0.4) is 0 Å². The molecule has 1 aliphatic rings. The summed E-state index contributed by atoms with van der Waals surface area (Å²) in [5.74, 6) is 2.09. The second kappa shape index (κ2) is 4.82. The van der Waals surface area contributed by atoms with Gasteiger partial charge in [0.15, 0.2) is 0 Å². The van der Waals surface area contributed by atoms with E-state index in [0.717, 1.165) is 26.8 Å². The first-order valence-electron chi connectivity index (χ1n) is 3.75. The lowest BCUT2D eigenvalue weighted by molar-refractivity contribution is 1.18. The van der Waals surface area contributed by atoms with Crippen LogP contribution in [0.5, 0.6) is 0 Å². The fourth-order valence-electron chi connectivity index (χ4n) is 0.881. The van der Waals surface area contributed by atoms with Crippen molar-refractivity contribution in [1.29, 1.82) is 0 Å². The van der Waals surface area contributed by atoms with Gasteiger partial charge >= 0.3 is 0 Å². The van der Waals surface area contributed by atoms with Crippen molar-refractivity contribution in [3.05, 3.63) is 15.0 Å². The zero-order valence-corrected chi connectivity index (χ0v) is 10.7. The molecule has 2 nitrogen and oxygen atoms in total. The van der Waals surface area contributed by atoms with Gasteiger partial charge in [-0.15, -0.1) is 11.3 Å². The van der Waals surface area contributed by atoms with Gasteiger partial charge in [-0.1, -0.05) is 23.5 Å². The average molecular weight is 295 g/mol. The van der Waals surface area contributed by atoms with Crippen LogP contribution in [0.25, 0.3) is 0 Å². The number of thiazole rings is 1. The van der Waals surface area contributed by atoms with Gasteiger partial charge in [-0.3, -0.25) is 4.99 Å². The van der Waals surface area contributed by atoms with Gasteiger partial charge in [-0.25, -0.2) is 4.98 Å². The Balaban J connectivity index is 1.85. The fraction of sp³-hybridized carbons (Fsp3) is 0.429. The summed E-state index contributed by atoms with van der Waals surface area (Å²) in [5.41, 5.74) is 0. The van der Waals surface area contributed by atoms with Crippen LogP contribution in [0, 0.1) is 0 Å². The molecule has 0 spiro atoms. The van der Waals surface area contributed by atoms with Crippen LogP contribution in [0.4, 0.5) is 0 Å². The van der Waals surface area contributed by atoms with E-state index in [9.17, 15) is 0 Å². The summed E-state index contributed by atoms with van der Waals surface area (Å²) < 4.78 is 2.32. The molecule has 0 amide bonds. The van der Waals surface area contributed by atoms with E-state index >= 15 is 0 Å². The molecule has 0 fully saturated rings. The highest BCUT2D eigenvalue weighted by Gasteiger charge is 2.08. The Morgan fingerprint density at radius 2 is 2.54 bits per heavy atom. The summed E-state index contributed by atoms with van der Waals surface area (Å²) in [5, 5.41) is 1.16. The van der Waals surface area contributed by atoms with Crippen molar-refractivity contribution in [2.24, 2.45) is 4.99 Å². The standard InChI is InChI=1S/C7H7BrN2S3/c8-5-3-10-6(13-5)4-12-7-9-1-2-11-7/h3H,1-2,4H2. The van der Waals surface area contributed by atoms with Gasteiger partial charge in [-0.2, -0.15) is 0 Å². The second-order valence-corrected chi connectivity index (χ2v) is 7.14. The highest BCUT2D eigenvalue weighted by molar-refractivity contribution is 9.11. The van der Waals surface area contributed by atoms with E-state index in [2.05, 4.69) is 25.9 Å². The smallest absolute Gasteiger partial charge is 0.125 e. The summed E-state index contributed by atoms with van der Waals surface area (Å²) in [7, 11) is 0. The lowest BCUT2D eigenvalue weighted by Gasteiger charge is -1.95. The molecule has 1 aromatic rings.